The first-order valence-electron chi connectivity index (χ1n) is 10.5. The predicted molar refractivity (Wildman–Crippen MR) is 108 cm³/mol. The number of carbonyl (C=O) groups excluding carboxylic acids is 3. The minimum Gasteiger partial charge on any atom is -0.508 e. The summed E-state index contributed by atoms with van der Waals surface area (Å²) < 4.78 is 0. The zero-order valence-corrected chi connectivity index (χ0v) is 16.7. The Morgan fingerprint density at radius 1 is 1.06 bits per heavy atom. The molecule has 8 nitrogen and oxygen atoms in total. The molecule has 0 radical (unpaired) electrons. The Balaban J connectivity index is 1.69. The third-order valence-corrected chi connectivity index (χ3v) is 7.53. The van der Waals surface area contributed by atoms with Crippen LogP contribution in [0.2, 0.25) is 0 Å². The molecule has 8 heteroatoms. The number of phenolic OH excluding ortho intramolecular Hbond substituents is 1. The number of primary amides is 1. The number of aliphatic hydroxyl groups is 3. The van der Waals surface area contributed by atoms with E-state index in [0.29, 0.717) is 12.3 Å². The van der Waals surface area contributed by atoms with Gasteiger partial charge in [0.25, 0.3) is 5.91 Å². The van der Waals surface area contributed by atoms with E-state index in [4.69, 9.17) is 5.73 Å². The number of carbonyl (C=O) groups is 3. The lowest BCUT2D eigenvalue weighted by atomic mass is 9.58. The smallest absolute Gasteiger partial charge is 0.255 e. The molecule has 2 fully saturated rings. The van der Waals surface area contributed by atoms with Gasteiger partial charge in [0.15, 0.2) is 11.4 Å². The van der Waals surface area contributed by atoms with Gasteiger partial charge >= 0.3 is 0 Å². The molecule has 0 saturated heterocycles. The van der Waals surface area contributed by atoms with Crippen molar-refractivity contribution >= 4 is 23.2 Å². The van der Waals surface area contributed by atoms with Crippen molar-refractivity contribution in [3.05, 3.63) is 45.7 Å². The second-order valence-corrected chi connectivity index (χ2v) is 9.06. The van der Waals surface area contributed by atoms with Crippen LogP contribution in [0.15, 0.2) is 29.0 Å². The minimum absolute atomic E-state index is 0.1000. The number of aliphatic hydroxyl groups excluding tert-OH is 2. The highest BCUT2D eigenvalue weighted by Crippen LogP contribution is 2.53. The lowest BCUT2D eigenvalue weighted by Gasteiger charge is -2.46. The van der Waals surface area contributed by atoms with Crippen LogP contribution in [0.5, 0.6) is 5.75 Å². The summed E-state index contributed by atoms with van der Waals surface area (Å²) in [6, 6.07) is 3.35. The van der Waals surface area contributed by atoms with Gasteiger partial charge in [-0.1, -0.05) is 12.5 Å². The maximum absolute atomic E-state index is 13.4. The fourth-order valence-electron chi connectivity index (χ4n) is 5.75. The van der Waals surface area contributed by atoms with Crippen LogP contribution in [0.25, 0.3) is 5.76 Å². The van der Waals surface area contributed by atoms with Crippen LogP contribution < -0.4 is 5.73 Å². The molecule has 0 bridgehead atoms. The quantitative estimate of drug-likeness (QED) is 0.451. The number of Topliss-reactive ketones (excluding diaryl/α,β-unsaturated/α-hetero) is 2. The normalized spacial score (nSPS) is 30.5. The monoisotopic (exact) mass is 425 g/mol. The van der Waals surface area contributed by atoms with Crippen molar-refractivity contribution < 1.29 is 34.8 Å². The van der Waals surface area contributed by atoms with Gasteiger partial charge in [-0.15, -0.1) is 0 Å². The van der Waals surface area contributed by atoms with Gasteiger partial charge < -0.3 is 26.2 Å². The lowest BCUT2D eigenvalue weighted by Crippen LogP contribution is -2.58. The molecule has 0 heterocycles. The molecule has 0 aromatic heterocycles. The standard InChI is InChI=1S/C23H23NO7/c24-22(30)18-15(26)8-11-6-10-7-13-12(9-2-1-3-9)4-5-14(25)17(13)19(27)16(10)20(28)23(11,31)21(18)29/h4-5,9-11,25,27,29,31H,1-3,6-8H2,(H2,24,30). The number of fused-ring (bicyclic) bond motifs is 3. The second-order valence-electron chi connectivity index (χ2n) is 9.06. The zero-order chi connectivity index (χ0) is 22.2. The van der Waals surface area contributed by atoms with Crippen molar-refractivity contribution in [2.45, 2.75) is 50.0 Å². The molecule has 1 aromatic rings. The van der Waals surface area contributed by atoms with Gasteiger partial charge in [0, 0.05) is 17.9 Å². The molecule has 1 amide bonds. The SMILES string of the molecule is NC(=O)C1=C(O)C2(O)C(=O)C3=C(O)c4c(O)ccc(C5CCC5)c4CC3CC2CC1=O. The first-order valence-corrected chi connectivity index (χ1v) is 10.5. The number of aromatic hydroxyl groups is 1. The Labute approximate surface area is 177 Å². The molecule has 31 heavy (non-hydrogen) atoms. The van der Waals surface area contributed by atoms with E-state index in [-0.39, 0.29) is 29.7 Å². The Kier molecular flexibility index (Phi) is 4.11. The number of phenols is 1. The van der Waals surface area contributed by atoms with Gasteiger partial charge in [-0.05, 0) is 54.7 Å². The topological polar surface area (TPSA) is 158 Å². The van der Waals surface area contributed by atoms with E-state index in [1.165, 1.54) is 6.07 Å². The van der Waals surface area contributed by atoms with Gasteiger partial charge in [-0.25, -0.2) is 0 Å². The number of nitrogens with two attached hydrogens (primary N) is 1. The maximum Gasteiger partial charge on any atom is 0.255 e. The van der Waals surface area contributed by atoms with Crippen LogP contribution in [0, 0.1) is 11.8 Å². The van der Waals surface area contributed by atoms with E-state index in [0.717, 1.165) is 30.4 Å². The first kappa shape index (κ1) is 19.8. The molecule has 6 N–H and O–H groups in total. The molecule has 0 aliphatic heterocycles. The van der Waals surface area contributed by atoms with Crippen molar-refractivity contribution in [3.8, 4) is 5.75 Å². The predicted octanol–water partition coefficient (Wildman–Crippen LogP) is 1.69. The van der Waals surface area contributed by atoms with E-state index in [9.17, 15) is 34.8 Å². The van der Waals surface area contributed by atoms with E-state index in [1.807, 2.05) is 6.07 Å². The summed E-state index contributed by atoms with van der Waals surface area (Å²) in [5.74, 6) is -5.64. The highest BCUT2D eigenvalue weighted by atomic mass is 16.3. The Morgan fingerprint density at radius 3 is 2.39 bits per heavy atom. The van der Waals surface area contributed by atoms with Crippen LogP contribution in [0.3, 0.4) is 0 Å². The Morgan fingerprint density at radius 2 is 1.77 bits per heavy atom. The van der Waals surface area contributed by atoms with Crippen LogP contribution >= 0.6 is 0 Å². The largest absolute Gasteiger partial charge is 0.508 e. The van der Waals surface area contributed by atoms with Crippen LogP contribution in [-0.4, -0.2) is 43.5 Å². The Bertz CT molecular complexity index is 1130. The number of ketones is 2. The number of hydrogen-bond acceptors (Lipinski definition) is 7. The molecule has 0 spiro atoms. The van der Waals surface area contributed by atoms with Crippen molar-refractivity contribution in [1.82, 2.24) is 0 Å². The van der Waals surface area contributed by atoms with Gasteiger partial charge in [0.2, 0.25) is 5.78 Å². The summed E-state index contributed by atoms with van der Waals surface area (Å²) in [6.07, 6.45) is 3.36. The van der Waals surface area contributed by atoms with Crippen molar-refractivity contribution in [3.63, 3.8) is 0 Å². The zero-order valence-electron chi connectivity index (χ0n) is 16.7. The highest BCUT2D eigenvalue weighted by Gasteiger charge is 2.60. The van der Waals surface area contributed by atoms with Crippen LogP contribution in [-0.2, 0) is 20.8 Å². The average Bonchev–Trinajstić information content (AvgIpc) is 2.65. The minimum atomic E-state index is -2.52. The number of benzene rings is 1. The van der Waals surface area contributed by atoms with Crippen LogP contribution in [0.4, 0.5) is 0 Å². The molecule has 5 rings (SSSR count). The maximum atomic E-state index is 13.4. The number of amides is 1. The van der Waals surface area contributed by atoms with Gasteiger partial charge in [-0.3, -0.25) is 14.4 Å². The summed E-state index contributed by atoms with van der Waals surface area (Å²) in [5.41, 5.74) is 3.79. The molecular weight excluding hydrogens is 402 g/mol. The highest BCUT2D eigenvalue weighted by molar-refractivity contribution is 6.22. The molecule has 3 atom stereocenters. The van der Waals surface area contributed by atoms with Gasteiger partial charge in [-0.2, -0.15) is 0 Å². The molecule has 4 aliphatic rings. The summed E-state index contributed by atoms with van der Waals surface area (Å²) in [5, 5.41) is 43.3. The first-order chi connectivity index (χ1) is 14.7. The van der Waals surface area contributed by atoms with E-state index in [2.05, 4.69) is 0 Å². The molecule has 4 aliphatic carbocycles. The molecule has 3 unspecified atom stereocenters. The summed E-state index contributed by atoms with van der Waals surface area (Å²) in [7, 11) is 0. The average molecular weight is 425 g/mol. The van der Waals surface area contributed by atoms with E-state index in [1.54, 1.807) is 0 Å². The van der Waals surface area contributed by atoms with E-state index >= 15 is 0 Å². The molecule has 162 valence electrons. The second kappa shape index (κ2) is 6.43. The summed E-state index contributed by atoms with van der Waals surface area (Å²) >= 11 is 0. The van der Waals surface area contributed by atoms with Gasteiger partial charge in [0.05, 0.1) is 5.56 Å². The van der Waals surface area contributed by atoms with E-state index < -0.39 is 52.0 Å². The lowest BCUT2D eigenvalue weighted by molar-refractivity contribution is -0.147. The third-order valence-electron chi connectivity index (χ3n) is 7.53. The van der Waals surface area contributed by atoms with Crippen molar-refractivity contribution in [2.75, 3.05) is 0 Å². The fraction of sp³-hybridized carbons (Fsp3) is 0.435. The molecular formula is C23H23NO7. The number of rotatable bonds is 2. The van der Waals surface area contributed by atoms with Crippen molar-refractivity contribution in [2.24, 2.45) is 17.6 Å². The Hall–Kier alpha value is -3.13. The van der Waals surface area contributed by atoms with Crippen LogP contribution in [0.1, 0.15) is 54.7 Å². The van der Waals surface area contributed by atoms with Crippen molar-refractivity contribution in [1.29, 1.82) is 0 Å². The molecule has 2 saturated carbocycles. The summed E-state index contributed by atoms with van der Waals surface area (Å²) in [6.45, 7) is 0. The summed E-state index contributed by atoms with van der Waals surface area (Å²) in [4.78, 5) is 37.4. The van der Waals surface area contributed by atoms with Gasteiger partial charge in [0.1, 0.15) is 22.8 Å². The third kappa shape index (κ3) is 2.48. The molecule has 1 aromatic carbocycles. The number of hydrogen-bond donors (Lipinski definition) is 5. The fourth-order valence-corrected chi connectivity index (χ4v) is 5.75.